The number of carbonyl (C=O) groups is 2. The van der Waals surface area contributed by atoms with Gasteiger partial charge in [0.1, 0.15) is 5.82 Å². The molecule has 2 aliphatic heterocycles. The van der Waals surface area contributed by atoms with Gasteiger partial charge in [0.05, 0.1) is 17.6 Å². The highest BCUT2D eigenvalue weighted by Gasteiger charge is 2.56. The lowest BCUT2D eigenvalue weighted by atomic mass is 9.71. The van der Waals surface area contributed by atoms with E-state index < -0.39 is 11.5 Å². The highest BCUT2D eigenvalue weighted by molar-refractivity contribution is 6.05. The molecule has 162 valence electrons. The zero-order valence-electron chi connectivity index (χ0n) is 18.0. The number of aryl methyl sites for hydroxylation is 1. The lowest BCUT2D eigenvalue weighted by molar-refractivity contribution is -0.121. The fraction of sp³-hybridized carbons (Fsp3) is 0.480. The van der Waals surface area contributed by atoms with Crippen molar-refractivity contribution in [3.8, 4) is 0 Å². The van der Waals surface area contributed by atoms with Gasteiger partial charge in [-0.15, -0.1) is 0 Å². The minimum atomic E-state index is -0.510. The van der Waals surface area contributed by atoms with Crippen LogP contribution >= 0.6 is 0 Å². The molecule has 2 unspecified atom stereocenters. The second-order valence-electron chi connectivity index (χ2n) is 9.04. The van der Waals surface area contributed by atoms with E-state index in [2.05, 4.69) is 10.3 Å². The minimum absolute atomic E-state index is 0.0334. The summed E-state index contributed by atoms with van der Waals surface area (Å²) in [5, 5.41) is 3.08. The van der Waals surface area contributed by atoms with Crippen LogP contribution in [0.2, 0.25) is 0 Å². The Morgan fingerprint density at radius 2 is 2.00 bits per heavy atom. The Bertz CT molecular complexity index is 993. The maximum atomic E-state index is 13.8. The maximum Gasteiger partial charge on any atom is 0.254 e. The van der Waals surface area contributed by atoms with Crippen LogP contribution in [0.25, 0.3) is 0 Å². The van der Waals surface area contributed by atoms with Gasteiger partial charge in [0.2, 0.25) is 5.91 Å². The van der Waals surface area contributed by atoms with Crippen LogP contribution in [0.4, 0.5) is 5.82 Å². The van der Waals surface area contributed by atoms with Crippen molar-refractivity contribution in [2.45, 2.75) is 63.0 Å². The smallest absolute Gasteiger partial charge is 0.254 e. The van der Waals surface area contributed by atoms with E-state index in [1.54, 1.807) is 6.20 Å². The molecule has 2 aromatic rings. The number of fused-ring (bicyclic) bond motifs is 1. The number of nitrogens with one attached hydrogen (secondary N) is 1. The molecule has 1 aromatic carbocycles. The Balaban J connectivity index is 1.58. The fourth-order valence-corrected chi connectivity index (χ4v) is 5.73. The number of ether oxygens (including phenoxy) is 1. The van der Waals surface area contributed by atoms with Crippen LogP contribution in [-0.4, -0.2) is 46.5 Å². The summed E-state index contributed by atoms with van der Waals surface area (Å²) in [6.45, 7) is 3.24. The van der Waals surface area contributed by atoms with Crippen LogP contribution in [0.3, 0.4) is 0 Å². The molecule has 5 rings (SSSR count). The van der Waals surface area contributed by atoms with Gasteiger partial charge in [-0.3, -0.25) is 9.59 Å². The third-order valence-corrected chi connectivity index (χ3v) is 7.22. The summed E-state index contributed by atoms with van der Waals surface area (Å²) in [6, 6.07) is 11.4. The van der Waals surface area contributed by atoms with E-state index in [-0.39, 0.29) is 17.9 Å². The van der Waals surface area contributed by atoms with E-state index in [1.165, 1.54) is 0 Å². The first-order valence-electron chi connectivity index (χ1n) is 11.4. The number of benzene rings is 1. The molecular weight excluding hydrogens is 390 g/mol. The lowest BCUT2D eigenvalue weighted by Crippen LogP contribution is -2.61. The van der Waals surface area contributed by atoms with Gasteiger partial charge in [-0.2, -0.15) is 0 Å². The van der Waals surface area contributed by atoms with E-state index in [9.17, 15) is 9.59 Å². The average molecular weight is 420 g/mol. The Kier molecular flexibility index (Phi) is 5.26. The molecule has 1 saturated heterocycles. The molecule has 1 aromatic heterocycles. The third-order valence-electron chi connectivity index (χ3n) is 7.22. The van der Waals surface area contributed by atoms with Crippen molar-refractivity contribution in [1.82, 2.24) is 9.88 Å². The SMILES string of the molecule is Cc1cccnc1NC(=O)C1c2ccccc2C(=O)N(CC2CCCO2)C12CCCC2. The predicted molar refractivity (Wildman–Crippen MR) is 118 cm³/mol. The molecule has 2 amide bonds. The average Bonchev–Trinajstić information content (AvgIpc) is 3.46. The molecule has 3 heterocycles. The Labute approximate surface area is 183 Å². The zero-order valence-corrected chi connectivity index (χ0v) is 18.0. The molecule has 6 heteroatoms. The summed E-state index contributed by atoms with van der Waals surface area (Å²) in [5.74, 6) is 0.111. The standard InChI is InChI=1S/C25H29N3O3/c1-17-8-6-14-26-22(17)27-23(29)21-19-10-2-3-11-20(19)24(30)28(16-18-9-7-15-31-18)25(21)12-4-5-13-25/h2-3,6,8,10-11,14,18,21H,4-5,7,9,12-13,15-16H2,1H3,(H,26,27,29). The summed E-state index contributed by atoms with van der Waals surface area (Å²) >= 11 is 0. The molecule has 1 saturated carbocycles. The summed E-state index contributed by atoms with van der Waals surface area (Å²) in [7, 11) is 0. The van der Waals surface area contributed by atoms with Crippen LogP contribution in [0.5, 0.6) is 0 Å². The van der Waals surface area contributed by atoms with E-state index in [0.29, 0.717) is 17.9 Å². The summed E-state index contributed by atoms with van der Waals surface area (Å²) in [5.41, 5.74) is 1.89. The number of amides is 2. The number of pyridine rings is 1. The monoisotopic (exact) mass is 419 g/mol. The molecule has 0 bridgehead atoms. The highest BCUT2D eigenvalue weighted by Crippen LogP contribution is 2.51. The largest absolute Gasteiger partial charge is 0.376 e. The van der Waals surface area contributed by atoms with Crippen molar-refractivity contribution >= 4 is 17.6 Å². The van der Waals surface area contributed by atoms with Crippen molar-refractivity contribution in [2.75, 3.05) is 18.5 Å². The number of hydrogen-bond acceptors (Lipinski definition) is 4. The molecule has 3 aliphatic rings. The van der Waals surface area contributed by atoms with Crippen molar-refractivity contribution in [2.24, 2.45) is 0 Å². The molecule has 6 nitrogen and oxygen atoms in total. The van der Waals surface area contributed by atoms with Gasteiger partial charge in [0.15, 0.2) is 0 Å². The number of rotatable bonds is 4. The summed E-state index contributed by atoms with van der Waals surface area (Å²) in [4.78, 5) is 33.8. The Hall–Kier alpha value is -2.73. The maximum absolute atomic E-state index is 13.8. The number of anilines is 1. The first-order chi connectivity index (χ1) is 15.1. The Morgan fingerprint density at radius 3 is 2.74 bits per heavy atom. The topological polar surface area (TPSA) is 71.5 Å². The van der Waals surface area contributed by atoms with Gasteiger partial charge in [0.25, 0.3) is 5.91 Å². The molecule has 2 atom stereocenters. The molecule has 2 fully saturated rings. The van der Waals surface area contributed by atoms with Crippen molar-refractivity contribution in [3.05, 3.63) is 59.3 Å². The van der Waals surface area contributed by atoms with Crippen LogP contribution < -0.4 is 5.32 Å². The van der Waals surface area contributed by atoms with Crippen LogP contribution in [0.1, 0.15) is 65.9 Å². The summed E-state index contributed by atoms with van der Waals surface area (Å²) in [6.07, 6.45) is 7.43. The van der Waals surface area contributed by atoms with Crippen molar-refractivity contribution < 1.29 is 14.3 Å². The molecular formula is C25H29N3O3. The fourth-order valence-electron chi connectivity index (χ4n) is 5.73. The first kappa shape index (κ1) is 20.2. The highest BCUT2D eigenvalue weighted by atomic mass is 16.5. The molecule has 31 heavy (non-hydrogen) atoms. The normalized spacial score (nSPS) is 24.4. The van der Waals surface area contributed by atoms with Crippen LogP contribution in [0, 0.1) is 6.92 Å². The number of aromatic nitrogens is 1. The molecule has 1 spiro atoms. The van der Waals surface area contributed by atoms with Gasteiger partial charge in [-0.1, -0.05) is 37.1 Å². The third kappa shape index (κ3) is 3.43. The lowest BCUT2D eigenvalue weighted by Gasteiger charge is -2.50. The number of nitrogens with zero attached hydrogens (tertiary/aromatic N) is 2. The van der Waals surface area contributed by atoms with E-state index in [4.69, 9.17) is 4.74 Å². The predicted octanol–water partition coefficient (Wildman–Crippen LogP) is 4.06. The van der Waals surface area contributed by atoms with Gasteiger partial charge >= 0.3 is 0 Å². The van der Waals surface area contributed by atoms with Gasteiger partial charge in [-0.25, -0.2) is 4.98 Å². The molecule has 0 radical (unpaired) electrons. The van der Waals surface area contributed by atoms with E-state index in [1.807, 2.05) is 48.2 Å². The zero-order chi connectivity index (χ0) is 21.4. The van der Waals surface area contributed by atoms with E-state index in [0.717, 1.165) is 56.3 Å². The second kappa shape index (κ2) is 8.08. The van der Waals surface area contributed by atoms with Crippen LogP contribution in [-0.2, 0) is 9.53 Å². The van der Waals surface area contributed by atoms with Gasteiger partial charge < -0.3 is 15.0 Å². The Morgan fingerprint density at radius 1 is 1.19 bits per heavy atom. The minimum Gasteiger partial charge on any atom is -0.376 e. The quantitative estimate of drug-likeness (QED) is 0.811. The van der Waals surface area contributed by atoms with Gasteiger partial charge in [0, 0.05) is 24.9 Å². The number of carbonyl (C=O) groups excluding carboxylic acids is 2. The van der Waals surface area contributed by atoms with Crippen LogP contribution in [0.15, 0.2) is 42.6 Å². The van der Waals surface area contributed by atoms with Gasteiger partial charge in [-0.05, 0) is 55.9 Å². The van der Waals surface area contributed by atoms with E-state index >= 15 is 0 Å². The second-order valence-corrected chi connectivity index (χ2v) is 9.04. The number of hydrogen-bond donors (Lipinski definition) is 1. The van der Waals surface area contributed by atoms with Crippen molar-refractivity contribution in [3.63, 3.8) is 0 Å². The molecule has 1 aliphatic carbocycles. The van der Waals surface area contributed by atoms with Crippen molar-refractivity contribution in [1.29, 1.82) is 0 Å². The molecule has 1 N–H and O–H groups in total. The first-order valence-corrected chi connectivity index (χ1v) is 11.4. The summed E-state index contributed by atoms with van der Waals surface area (Å²) < 4.78 is 5.90.